The van der Waals surface area contributed by atoms with Gasteiger partial charge in [0.2, 0.25) is 0 Å². The molecule has 1 heterocycles. The maximum atomic E-state index is 12.4. The lowest BCUT2D eigenvalue weighted by atomic mass is 10.2. The largest absolute Gasteiger partial charge is 0.392 e. The van der Waals surface area contributed by atoms with Gasteiger partial charge >= 0.3 is 0 Å². The molecule has 2 N–H and O–H groups in total. The quantitative estimate of drug-likeness (QED) is 0.859. The van der Waals surface area contributed by atoms with Gasteiger partial charge in [0.05, 0.1) is 17.2 Å². The van der Waals surface area contributed by atoms with Crippen molar-refractivity contribution in [1.29, 1.82) is 0 Å². The molecular weight excluding hydrogens is 364 g/mol. The summed E-state index contributed by atoms with van der Waals surface area (Å²) in [6.07, 6.45) is 0. The van der Waals surface area contributed by atoms with Gasteiger partial charge in [0.15, 0.2) is 5.13 Å². The molecule has 5 nitrogen and oxygen atoms in total. The van der Waals surface area contributed by atoms with Crippen molar-refractivity contribution in [3.8, 4) is 0 Å². The van der Waals surface area contributed by atoms with Crippen LogP contribution in [0.2, 0.25) is 0 Å². The number of halogens is 1. The average molecular weight is 377 g/mol. The van der Waals surface area contributed by atoms with Crippen LogP contribution in [-0.2, 0) is 16.6 Å². The molecule has 0 atom stereocenters. The van der Waals surface area contributed by atoms with Crippen molar-refractivity contribution in [2.24, 2.45) is 0 Å². The van der Waals surface area contributed by atoms with Crippen molar-refractivity contribution in [2.45, 2.75) is 25.3 Å². The summed E-state index contributed by atoms with van der Waals surface area (Å²) in [4.78, 5) is 4.21. The van der Waals surface area contributed by atoms with E-state index < -0.39 is 10.0 Å². The van der Waals surface area contributed by atoms with Crippen molar-refractivity contribution in [1.82, 2.24) is 4.98 Å². The number of nitrogens with one attached hydrogen (secondary N) is 1. The highest BCUT2D eigenvalue weighted by molar-refractivity contribution is 9.10. The monoisotopic (exact) mass is 376 g/mol. The van der Waals surface area contributed by atoms with Crippen molar-refractivity contribution in [3.05, 3.63) is 38.8 Å². The smallest absolute Gasteiger partial charge is 0.263 e. The fourth-order valence-corrected chi connectivity index (χ4v) is 4.55. The number of aryl methyl sites for hydroxylation is 1. The molecule has 0 unspecified atom stereocenters. The van der Waals surface area contributed by atoms with Gasteiger partial charge in [0.1, 0.15) is 0 Å². The fourth-order valence-electron chi connectivity index (χ4n) is 1.65. The van der Waals surface area contributed by atoms with Gasteiger partial charge in [0.25, 0.3) is 10.0 Å². The van der Waals surface area contributed by atoms with Crippen LogP contribution in [0.3, 0.4) is 0 Å². The van der Waals surface area contributed by atoms with Crippen LogP contribution in [0.25, 0.3) is 0 Å². The molecular formula is C12H13BrN2O3S2. The molecule has 0 aliphatic rings. The predicted octanol–water partition coefficient (Wildman–Crippen LogP) is 2.82. The summed E-state index contributed by atoms with van der Waals surface area (Å²) >= 11 is 4.53. The third kappa shape index (κ3) is 3.20. The zero-order valence-corrected chi connectivity index (χ0v) is 14.1. The lowest BCUT2D eigenvalue weighted by molar-refractivity contribution is 0.281. The standard InChI is InChI=1S/C12H13BrN2O3S2/c1-7-6-19-12(14-7)15-20(17,18)11-4-9(5-16)3-10(13)8(11)2/h3-4,6,16H,5H2,1-2H3,(H,14,15). The van der Waals surface area contributed by atoms with E-state index in [4.69, 9.17) is 0 Å². The molecule has 0 fully saturated rings. The molecule has 0 amide bonds. The molecule has 20 heavy (non-hydrogen) atoms. The summed E-state index contributed by atoms with van der Waals surface area (Å²) in [5, 5.41) is 11.3. The van der Waals surface area contributed by atoms with Gasteiger partial charge in [-0.3, -0.25) is 4.72 Å². The SMILES string of the molecule is Cc1csc(NS(=O)(=O)c2cc(CO)cc(Br)c2C)n1. The van der Waals surface area contributed by atoms with Crippen LogP contribution in [0, 0.1) is 13.8 Å². The first-order valence-electron chi connectivity index (χ1n) is 5.68. The lowest BCUT2D eigenvalue weighted by Gasteiger charge is -2.11. The Morgan fingerprint density at radius 1 is 1.40 bits per heavy atom. The number of thiazole rings is 1. The van der Waals surface area contributed by atoms with Crippen molar-refractivity contribution >= 4 is 42.4 Å². The predicted molar refractivity (Wildman–Crippen MR) is 82.5 cm³/mol. The van der Waals surface area contributed by atoms with Crippen LogP contribution in [0.5, 0.6) is 0 Å². The Morgan fingerprint density at radius 3 is 2.65 bits per heavy atom. The third-order valence-corrected chi connectivity index (χ3v) is 5.96. The summed E-state index contributed by atoms with van der Waals surface area (Å²) in [6, 6.07) is 3.16. The van der Waals surface area contributed by atoms with Crippen LogP contribution in [-0.4, -0.2) is 18.5 Å². The van der Waals surface area contributed by atoms with E-state index in [2.05, 4.69) is 25.6 Å². The molecule has 2 rings (SSSR count). The lowest BCUT2D eigenvalue weighted by Crippen LogP contribution is -2.15. The first kappa shape index (κ1) is 15.4. The zero-order chi connectivity index (χ0) is 14.9. The van der Waals surface area contributed by atoms with Gasteiger partial charge in [-0.15, -0.1) is 11.3 Å². The maximum Gasteiger partial charge on any atom is 0.263 e. The highest BCUT2D eigenvalue weighted by atomic mass is 79.9. The minimum Gasteiger partial charge on any atom is -0.392 e. The Hall–Kier alpha value is -0.960. The molecule has 108 valence electrons. The van der Waals surface area contributed by atoms with Crippen LogP contribution in [0.4, 0.5) is 5.13 Å². The summed E-state index contributed by atoms with van der Waals surface area (Å²) in [7, 11) is -3.73. The Morgan fingerprint density at radius 2 is 2.10 bits per heavy atom. The van der Waals surface area contributed by atoms with E-state index in [0.29, 0.717) is 20.7 Å². The molecule has 8 heteroatoms. The molecule has 2 aromatic rings. The summed E-state index contributed by atoms with van der Waals surface area (Å²) in [6.45, 7) is 3.27. The molecule has 0 radical (unpaired) electrons. The molecule has 1 aromatic carbocycles. The molecule has 0 aliphatic heterocycles. The number of aliphatic hydroxyl groups is 1. The molecule has 0 saturated carbocycles. The molecule has 1 aromatic heterocycles. The molecule has 0 saturated heterocycles. The minimum absolute atomic E-state index is 0.128. The topological polar surface area (TPSA) is 79.3 Å². The minimum atomic E-state index is -3.73. The van der Waals surface area contributed by atoms with Gasteiger partial charge in [0, 0.05) is 9.85 Å². The van der Waals surface area contributed by atoms with E-state index >= 15 is 0 Å². The number of aromatic nitrogens is 1. The maximum absolute atomic E-state index is 12.4. The highest BCUT2D eigenvalue weighted by Gasteiger charge is 2.20. The van der Waals surface area contributed by atoms with E-state index in [1.807, 2.05) is 0 Å². The van der Waals surface area contributed by atoms with Crippen molar-refractivity contribution in [2.75, 3.05) is 4.72 Å². The normalized spacial score (nSPS) is 11.6. The first-order valence-corrected chi connectivity index (χ1v) is 8.84. The number of aliphatic hydroxyl groups excluding tert-OH is 1. The summed E-state index contributed by atoms with van der Waals surface area (Å²) < 4.78 is 27.9. The number of hydrogen-bond acceptors (Lipinski definition) is 5. The molecule has 0 aliphatic carbocycles. The molecule has 0 spiro atoms. The fraction of sp³-hybridized carbons (Fsp3) is 0.250. The number of nitrogens with zero attached hydrogens (tertiary/aromatic N) is 1. The first-order chi connectivity index (χ1) is 9.33. The zero-order valence-electron chi connectivity index (χ0n) is 10.8. The van der Waals surface area contributed by atoms with Crippen LogP contribution < -0.4 is 4.72 Å². The summed E-state index contributed by atoms with van der Waals surface area (Å²) in [5.41, 5.74) is 1.87. The highest BCUT2D eigenvalue weighted by Crippen LogP contribution is 2.28. The van der Waals surface area contributed by atoms with E-state index in [9.17, 15) is 13.5 Å². The Balaban J connectivity index is 2.46. The molecule has 0 bridgehead atoms. The van der Waals surface area contributed by atoms with Gasteiger partial charge in [-0.05, 0) is 37.1 Å². The second kappa shape index (κ2) is 5.80. The van der Waals surface area contributed by atoms with E-state index in [1.165, 1.54) is 17.4 Å². The second-order valence-electron chi connectivity index (χ2n) is 4.26. The van der Waals surface area contributed by atoms with Crippen molar-refractivity contribution < 1.29 is 13.5 Å². The van der Waals surface area contributed by atoms with E-state index in [0.717, 1.165) is 5.69 Å². The van der Waals surface area contributed by atoms with Crippen LogP contribution in [0.15, 0.2) is 26.9 Å². The number of benzene rings is 1. The van der Waals surface area contributed by atoms with E-state index in [-0.39, 0.29) is 11.5 Å². The van der Waals surface area contributed by atoms with Gasteiger partial charge in [-0.1, -0.05) is 15.9 Å². The van der Waals surface area contributed by atoms with Crippen molar-refractivity contribution in [3.63, 3.8) is 0 Å². The number of anilines is 1. The number of sulfonamides is 1. The second-order valence-corrected chi connectivity index (χ2v) is 7.62. The van der Waals surface area contributed by atoms with Gasteiger partial charge < -0.3 is 5.11 Å². The number of rotatable bonds is 4. The van der Waals surface area contributed by atoms with Gasteiger partial charge in [-0.25, -0.2) is 13.4 Å². The summed E-state index contributed by atoms with van der Waals surface area (Å²) in [5.74, 6) is 0. The van der Waals surface area contributed by atoms with Gasteiger partial charge in [-0.2, -0.15) is 0 Å². The Kier molecular flexibility index (Phi) is 4.48. The van der Waals surface area contributed by atoms with E-state index in [1.54, 1.807) is 25.3 Å². The average Bonchev–Trinajstić information content (AvgIpc) is 2.76. The van der Waals surface area contributed by atoms with Crippen LogP contribution in [0.1, 0.15) is 16.8 Å². The van der Waals surface area contributed by atoms with Crippen LogP contribution >= 0.6 is 27.3 Å². The Bertz CT molecular complexity index is 741. The Labute approximate surface area is 129 Å². The number of hydrogen-bond donors (Lipinski definition) is 2. The third-order valence-electron chi connectivity index (χ3n) is 2.67.